The van der Waals surface area contributed by atoms with Gasteiger partial charge in [0.2, 0.25) is 11.8 Å². The van der Waals surface area contributed by atoms with Gasteiger partial charge in [0.15, 0.2) is 0 Å². The number of amides is 3. The van der Waals surface area contributed by atoms with Crippen LogP contribution in [0.15, 0.2) is 24.4 Å². The molecule has 2 N–H and O–H groups in total. The van der Waals surface area contributed by atoms with Crippen molar-refractivity contribution in [3.8, 4) is 5.88 Å². The molecule has 0 radical (unpaired) electrons. The number of aromatic nitrogens is 3. The average molecular weight is 467 g/mol. The van der Waals surface area contributed by atoms with Crippen LogP contribution in [0.5, 0.6) is 5.88 Å². The number of halogens is 2. The number of carbonyl (C=O) groups excluding carboxylic acids is 2. The number of nitrogens with one attached hydrogen (secondary N) is 1. The topological polar surface area (TPSA) is 144 Å². The SMILES string of the molecule is CC(C)Oc1nc(N(C(=O)O)C(=O)OC(C)(C)C)ncc1NC(=O)c1cccc(C(F)F)n1. The molecule has 0 unspecified atom stereocenters. The first kappa shape index (κ1) is 25.4. The van der Waals surface area contributed by atoms with Crippen molar-refractivity contribution in [3.63, 3.8) is 0 Å². The van der Waals surface area contributed by atoms with Crippen molar-refractivity contribution in [1.29, 1.82) is 0 Å². The molecule has 0 aromatic carbocycles. The van der Waals surface area contributed by atoms with Gasteiger partial charge >= 0.3 is 12.2 Å². The highest BCUT2D eigenvalue weighted by Gasteiger charge is 2.32. The number of nitrogens with zero attached hydrogens (tertiary/aromatic N) is 4. The molecule has 13 heteroatoms. The molecule has 0 aliphatic rings. The number of ether oxygens (including phenoxy) is 2. The zero-order valence-corrected chi connectivity index (χ0v) is 18.5. The van der Waals surface area contributed by atoms with Gasteiger partial charge in [-0.1, -0.05) is 6.07 Å². The second-order valence-electron chi connectivity index (χ2n) is 7.86. The molecule has 0 fully saturated rings. The monoisotopic (exact) mass is 467 g/mol. The molecule has 0 saturated carbocycles. The Balaban J connectivity index is 2.40. The summed E-state index contributed by atoms with van der Waals surface area (Å²) in [5, 5.41) is 11.8. The lowest BCUT2D eigenvalue weighted by Crippen LogP contribution is -2.41. The number of carbonyl (C=O) groups is 3. The normalized spacial score (nSPS) is 11.3. The summed E-state index contributed by atoms with van der Waals surface area (Å²) in [5.74, 6) is -1.70. The summed E-state index contributed by atoms with van der Waals surface area (Å²) in [6.07, 6.45) is -5.27. The van der Waals surface area contributed by atoms with Crippen LogP contribution in [0, 0.1) is 0 Å². The number of anilines is 2. The van der Waals surface area contributed by atoms with Gasteiger partial charge in [-0.05, 0) is 46.8 Å². The summed E-state index contributed by atoms with van der Waals surface area (Å²) in [4.78, 5) is 48.0. The third kappa shape index (κ3) is 7.05. The first-order valence-corrected chi connectivity index (χ1v) is 9.64. The number of hydrogen-bond donors (Lipinski definition) is 2. The van der Waals surface area contributed by atoms with Crippen LogP contribution in [0.4, 0.5) is 30.0 Å². The van der Waals surface area contributed by atoms with Crippen LogP contribution in [0.3, 0.4) is 0 Å². The van der Waals surface area contributed by atoms with Gasteiger partial charge in [-0.3, -0.25) is 4.79 Å². The summed E-state index contributed by atoms with van der Waals surface area (Å²) >= 11 is 0. The molecule has 2 aromatic rings. The highest BCUT2D eigenvalue weighted by Crippen LogP contribution is 2.26. The smallest absolute Gasteiger partial charge is 0.427 e. The maximum absolute atomic E-state index is 12.9. The van der Waals surface area contributed by atoms with Gasteiger partial charge in [0.05, 0.1) is 12.3 Å². The number of pyridine rings is 1. The number of carboxylic acid groups (broad SMARTS) is 1. The molecular weight excluding hydrogens is 444 g/mol. The third-order valence-corrected chi connectivity index (χ3v) is 3.53. The Morgan fingerprint density at radius 1 is 1.15 bits per heavy atom. The van der Waals surface area contributed by atoms with Gasteiger partial charge in [0, 0.05) is 0 Å². The van der Waals surface area contributed by atoms with Crippen LogP contribution in [0.1, 0.15) is 57.2 Å². The molecule has 3 amide bonds. The largest absolute Gasteiger partial charge is 0.473 e. The number of rotatable bonds is 6. The number of imide groups is 1. The van der Waals surface area contributed by atoms with E-state index >= 15 is 0 Å². The first-order chi connectivity index (χ1) is 15.3. The lowest BCUT2D eigenvalue weighted by atomic mass is 10.2. The standard InChI is InChI=1S/C20H23F2N5O6/c1-10(2)32-16-13(25-15(28)12-8-6-7-11(24-12)14(21)22)9-23-17(26-16)27(18(29)30)19(31)33-20(3,4)5/h6-10,14H,1-5H3,(H,25,28)(H,29,30). The fourth-order valence-corrected chi connectivity index (χ4v) is 2.30. The second-order valence-corrected chi connectivity index (χ2v) is 7.86. The second kappa shape index (κ2) is 10.1. The molecule has 178 valence electrons. The quantitative estimate of drug-likeness (QED) is 0.636. The molecule has 0 atom stereocenters. The first-order valence-electron chi connectivity index (χ1n) is 9.64. The van der Waals surface area contributed by atoms with Crippen molar-refractivity contribution >= 4 is 29.7 Å². The van der Waals surface area contributed by atoms with Crippen LogP contribution in [-0.2, 0) is 4.74 Å². The van der Waals surface area contributed by atoms with Gasteiger partial charge in [0.25, 0.3) is 12.3 Å². The lowest BCUT2D eigenvalue weighted by molar-refractivity contribution is 0.0579. The number of hydrogen-bond acceptors (Lipinski definition) is 8. The maximum Gasteiger partial charge on any atom is 0.427 e. The van der Waals surface area contributed by atoms with Crippen LogP contribution in [-0.4, -0.2) is 49.9 Å². The molecule has 33 heavy (non-hydrogen) atoms. The van der Waals surface area contributed by atoms with Crippen LogP contribution < -0.4 is 15.0 Å². The number of alkyl halides is 2. The van der Waals surface area contributed by atoms with E-state index in [1.165, 1.54) is 12.1 Å². The van der Waals surface area contributed by atoms with Crippen molar-refractivity contribution in [2.45, 2.75) is 52.7 Å². The van der Waals surface area contributed by atoms with Gasteiger partial charge in [-0.25, -0.2) is 28.3 Å². The molecular formula is C20H23F2N5O6. The van der Waals surface area contributed by atoms with E-state index in [0.717, 1.165) is 12.3 Å². The Kier molecular flexibility index (Phi) is 7.80. The van der Waals surface area contributed by atoms with E-state index in [1.54, 1.807) is 34.6 Å². The van der Waals surface area contributed by atoms with E-state index in [1.807, 2.05) is 0 Å². The third-order valence-electron chi connectivity index (χ3n) is 3.53. The van der Waals surface area contributed by atoms with E-state index in [-0.39, 0.29) is 22.2 Å². The van der Waals surface area contributed by atoms with Gasteiger partial charge in [-0.2, -0.15) is 4.98 Å². The Morgan fingerprint density at radius 2 is 1.82 bits per heavy atom. The van der Waals surface area contributed by atoms with E-state index in [2.05, 4.69) is 20.3 Å². The highest BCUT2D eigenvalue weighted by molar-refractivity contribution is 6.07. The fraction of sp³-hybridized carbons (Fsp3) is 0.400. The minimum Gasteiger partial charge on any atom is -0.473 e. The molecule has 0 aliphatic carbocycles. The fourth-order valence-electron chi connectivity index (χ4n) is 2.30. The van der Waals surface area contributed by atoms with E-state index < -0.39 is 47.9 Å². The Hall–Kier alpha value is -3.90. The molecule has 0 bridgehead atoms. The lowest BCUT2D eigenvalue weighted by Gasteiger charge is -2.23. The summed E-state index contributed by atoms with van der Waals surface area (Å²) < 4.78 is 36.3. The molecule has 11 nitrogen and oxygen atoms in total. The van der Waals surface area contributed by atoms with Crippen LogP contribution in [0.2, 0.25) is 0 Å². The maximum atomic E-state index is 12.9. The van der Waals surface area contributed by atoms with Crippen molar-refractivity contribution in [1.82, 2.24) is 15.0 Å². The summed E-state index contributed by atoms with van der Waals surface area (Å²) in [6, 6.07) is 3.55. The Bertz CT molecular complexity index is 1040. The minimum atomic E-state index is -2.87. The molecule has 0 spiro atoms. The van der Waals surface area contributed by atoms with Crippen molar-refractivity contribution in [2.24, 2.45) is 0 Å². The van der Waals surface area contributed by atoms with Gasteiger partial charge in [0.1, 0.15) is 22.7 Å². The average Bonchev–Trinajstić information content (AvgIpc) is 2.67. The summed E-state index contributed by atoms with van der Waals surface area (Å²) in [5.41, 5.74) is -1.97. The van der Waals surface area contributed by atoms with Crippen LogP contribution >= 0.6 is 0 Å². The predicted octanol–water partition coefficient (Wildman–Crippen LogP) is 4.27. The van der Waals surface area contributed by atoms with E-state index in [9.17, 15) is 28.3 Å². The highest BCUT2D eigenvalue weighted by atomic mass is 19.3. The zero-order valence-electron chi connectivity index (χ0n) is 18.5. The van der Waals surface area contributed by atoms with Crippen LogP contribution in [0.25, 0.3) is 0 Å². The van der Waals surface area contributed by atoms with Crippen molar-refractivity contribution in [2.75, 3.05) is 10.2 Å². The van der Waals surface area contributed by atoms with Gasteiger partial charge < -0.3 is 19.9 Å². The molecule has 2 rings (SSSR count). The Morgan fingerprint density at radius 3 is 2.36 bits per heavy atom. The van der Waals surface area contributed by atoms with E-state index in [4.69, 9.17) is 9.47 Å². The summed E-state index contributed by atoms with van der Waals surface area (Å²) in [7, 11) is 0. The van der Waals surface area contributed by atoms with E-state index in [0.29, 0.717) is 0 Å². The molecule has 2 aromatic heterocycles. The van der Waals surface area contributed by atoms with Gasteiger partial charge in [-0.15, -0.1) is 4.90 Å². The van der Waals surface area contributed by atoms with Crippen molar-refractivity contribution in [3.05, 3.63) is 35.8 Å². The molecule has 0 aliphatic heterocycles. The predicted molar refractivity (Wildman–Crippen MR) is 112 cm³/mol. The minimum absolute atomic E-state index is 0.101. The molecule has 2 heterocycles. The zero-order chi connectivity index (χ0) is 24.9. The Labute approximate surface area is 187 Å². The van der Waals surface area contributed by atoms with Crippen molar-refractivity contribution < 1.29 is 37.7 Å². The molecule has 0 saturated heterocycles. The summed E-state index contributed by atoms with van der Waals surface area (Å²) in [6.45, 7) is 7.94.